The minimum atomic E-state index is -0.252. The predicted molar refractivity (Wildman–Crippen MR) is 90.9 cm³/mol. The molecule has 2 N–H and O–H groups in total. The number of carbonyl (C=O) groups is 1. The number of urea groups is 1. The summed E-state index contributed by atoms with van der Waals surface area (Å²) in [7, 11) is 1.64. The Balaban J connectivity index is 1.79. The van der Waals surface area contributed by atoms with Crippen LogP contribution in [-0.4, -0.2) is 35.6 Å². The molecule has 1 aromatic heterocycles. The highest BCUT2D eigenvalue weighted by molar-refractivity contribution is 6.30. The van der Waals surface area contributed by atoms with Crippen LogP contribution < -0.4 is 10.6 Å². The third-order valence-corrected chi connectivity index (χ3v) is 3.50. The summed E-state index contributed by atoms with van der Waals surface area (Å²) in [5.41, 5.74) is 1.77. The van der Waals surface area contributed by atoms with Crippen LogP contribution in [0.25, 0.3) is 0 Å². The third kappa shape index (κ3) is 5.92. The van der Waals surface area contributed by atoms with Crippen LogP contribution in [0.2, 0.25) is 5.02 Å². The molecule has 1 atom stereocenters. The SMILES string of the molecule is COCCn1cc(NC(=O)NC(C)Cc2ccc(Cl)cc2)cn1. The lowest BCUT2D eigenvalue weighted by atomic mass is 10.1. The standard InChI is InChI=1S/C16H21ClN4O2/c1-12(9-13-3-5-14(17)6-4-13)19-16(22)20-15-10-18-21(11-15)7-8-23-2/h3-6,10-12H,7-9H2,1-2H3,(H2,19,20,22). The van der Waals surface area contributed by atoms with E-state index in [-0.39, 0.29) is 12.1 Å². The van der Waals surface area contributed by atoms with Crippen LogP contribution in [0.3, 0.4) is 0 Å². The minimum Gasteiger partial charge on any atom is -0.383 e. The summed E-state index contributed by atoms with van der Waals surface area (Å²) in [6.07, 6.45) is 4.11. The van der Waals surface area contributed by atoms with Crippen LogP contribution in [0.1, 0.15) is 12.5 Å². The molecule has 1 unspecified atom stereocenters. The van der Waals surface area contributed by atoms with Crippen LogP contribution in [0, 0.1) is 0 Å². The van der Waals surface area contributed by atoms with Gasteiger partial charge in [-0.15, -0.1) is 0 Å². The van der Waals surface area contributed by atoms with Crippen molar-refractivity contribution in [2.24, 2.45) is 0 Å². The Bertz CT molecular complexity index is 627. The number of aromatic nitrogens is 2. The first-order chi connectivity index (χ1) is 11.1. The monoisotopic (exact) mass is 336 g/mol. The molecule has 0 bridgehead atoms. The van der Waals surface area contributed by atoms with Crippen molar-refractivity contribution >= 4 is 23.3 Å². The lowest BCUT2D eigenvalue weighted by Crippen LogP contribution is -2.37. The molecule has 0 aliphatic rings. The summed E-state index contributed by atoms with van der Waals surface area (Å²) in [5, 5.41) is 10.5. The van der Waals surface area contributed by atoms with Crippen molar-refractivity contribution in [3.63, 3.8) is 0 Å². The fourth-order valence-electron chi connectivity index (χ4n) is 2.15. The topological polar surface area (TPSA) is 68.2 Å². The van der Waals surface area contributed by atoms with E-state index in [0.717, 1.165) is 12.0 Å². The average Bonchev–Trinajstić information content (AvgIpc) is 2.94. The molecule has 124 valence electrons. The van der Waals surface area contributed by atoms with Gasteiger partial charge in [0.25, 0.3) is 0 Å². The number of halogens is 1. The van der Waals surface area contributed by atoms with E-state index in [4.69, 9.17) is 16.3 Å². The molecule has 6 nitrogen and oxygen atoms in total. The van der Waals surface area contributed by atoms with Gasteiger partial charge in [-0.2, -0.15) is 5.10 Å². The molecule has 0 aliphatic heterocycles. The number of hydrogen-bond donors (Lipinski definition) is 2. The smallest absolute Gasteiger partial charge is 0.319 e. The van der Waals surface area contributed by atoms with Gasteiger partial charge in [0, 0.05) is 24.4 Å². The molecular formula is C16H21ClN4O2. The van der Waals surface area contributed by atoms with Gasteiger partial charge in [-0.05, 0) is 31.0 Å². The van der Waals surface area contributed by atoms with E-state index in [0.29, 0.717) is 23.9 Å². The fourth-order valence-corrected chi connectivity index (χ4v) is 2.28. The number of methoxy groups -OCH3 is 1. The lowest BCUT2D eigenvalue weighted by molar-refractivity contribution is 0.183. The quantitative estimate of drug-likeness (QED) is 0.816. The number of nitrogens with one attached hydrogen (secondary N) is 2. The molecule has 0 fully saturated rings. The maximum Gasteiger partial charge on any atom is 0.319 e. The summed E-state index contributed by atoms with van der Waals surface area (Å²) in [6, 6.07) is 7.35. The van der Waals surface area contributed by atoms with Crippen molar-refractivity contribution in [2.45, 2.75) is 25.9 Å². The second kappa shape index (κ2) is 8.55. The van der Waals surface area contributed by atoms with Crippen LogP contribution in [0.4, 0.5) is 10.5 Å². The molecule has 0 radical (unpaired) electrons. The summed E-state index contributed by atoms with van der Waals surface area (Å²) in [5.74, 6) is 0. The van der Waals surface area contributed by atoms with E-state index >= 15 is 0 Å². The molecule has 23 heavy (non-hydrogen) atoms. The van der Waals surface area contributed by atoms with Gasteiger partial charge in [-0.25, -0.2) is 4.79 Å². The first-order valence-electron chi connectivity index (χ1n) is 7.40. The summed E-state index contributed by atoms with van der Waals surface area (Å²) in [6.45, 7) is 3.18. The minimum absolute atomic E-state index is 0.000267. The Morgan fingerprint density at radius 2 is 2.13 bits per heavy atom. The van der Waals surface area contributed by atoms with E-state index in [1.165, 1.54) is 0 Å². The highest BCUT2D eigenvalue weighted by Gasteiger charge is 2.09. The van der Waals surface area contributed by atoms with Crippen molar-refractivity contribution < 1.29 is 9.53 Å². The van der Waals surface area contributed by atoms with Crippen LogP contribution in [-0.2, 0) is 17.7 Å². The van der Waals surface area contributed by atoms with Gasteiger partial charge < -0.3 is 15.4 Å². The second-order valence-electron chi connectivity index (χ2n) is 5.31. The first kappa shape index (κ1) is 17.3. The molecule has 7 heteroatoms. The number of ether oxygens (including phenoxy) is 1. The molecule has 0 saturated heterocycles. The summed E-state index contributed by atoms with van der Waals surface area (Å²) in [4.78, 5) is 12.0. The van der Waals surface area contributed by atoms with E-state index in [1.807, 2.05) is 31.2 Å². The highest BCUT2D eigenvalue weighted by atomic mass is 35.5. The Morgan fingerprint density at radius 1 is 1.39 bits per heavy atom. The Kier molecular flexibility index (Phi) is 6.43. The number of rotatable bonds is 7. The van der Waals surface area contributed by atoms with Crippen molar-refractivity contribution in [1.29, 1.82) is 0 Å². The number of carbonyl (C=O) groups excluding carboxylic acids is 1. The van der Waals surface area contributed by atoms with Gasteiger partial charge in [0.15, 0.2) is 0 Å². The zero-order valence-electron chi connectivity index (χ0n) is 13.3. The zero-order valence-corrected chi connectivity index (χ0v) is 14.0. The lowest BCUT2D eigenvalue weighted by Gasteiger charge is -2.14. The molecule has 0 aliphatic carbocycles. The van der Waals surface area contributed by atoms with Crippen LogP contribution in [0.5, 0.6) is 0 Å². The maximum absolute atomic E-state index is 12.0. The van der Waals surface area contributed by atoms with Gasteiger partial charge in [0.05, 0.1) is 25.0 Å². The van der Waals surface area contributed by atoms with Crippen molar-refractivity contribution in [3.8, 4) is 0 Å². The Labute approximate surface area is 140 Å². The molecule has 2 aromatic rings. The predicted octanol–water partition coefficient (Wildman–Crippen LogP) is 2.94. The molecular weight excluding hydrogens is 316 g/mol. The number of nitrogens with zero attached hydrogens (tertiary/aromatic N) is 2. The van der Waals surface area contributed by atoms with E-state index in [2.05, 4.69) is 15.7 Å². The molecule has 0 spiro atoms. The largest absolute Gasteiger partial charge is 0.383 e. The molecule has 2 rings (SSSR count). The van der Waals surface area contributed by atoms with Gasteiger partial charge in [-0.1, -0.05) is 23.7 Å². The second-order valence-corrected chi connectivity index (χ2v) is 5.75. The molecule has 1 heterocycles. The Hall–Kier alpha value is -2.05. The number of anilines is 1. The van der Waals surface area contributed by atoms with E-state index in [1.54, 1.807) is 24.2 Å². The number of benzene rings is 1. The molecule has 0 saturated carbocycles. The molecule has 1 aromatic carbocycles. The van der Waals surface area contributed by atoms with Crippen molar-refractivity contribution in [2.75, 3.05) is 19.0 Å². The highest BCUT2D eigenvalue weighted by Crippen LogP contribution is 2.11. The average molecular weight is 337 g/mol. The maximum atomic E-state index is 12.0. The number of amides is 2. The van der Waals surface area contributed by atoms with E-state index in [9.17, 15) is 4.79 Å². The van der Waals surface area contributed by atoms with Crippen molar-refractivity contribution in [1.82, 2.24) is 15.1 Å². The van der Waals surface area contributed by atoms with Crippen molar-refractivity contribution in [3.05, 3.63) is 47.2 Å². The summed E-state index contributed by atoms with van der Waals surface area (Å²) < 4.78 is 6.70. The van der Waals surface area contributed by atoms with Crippen LogP contribution >= 0.6 is 11.6 Å². The van der Waals surface area contributed by atoms with Crippen LogP contribution in [0.15, 0.2) is 36.7 Å². The summed E-state index contributed by atoms with van der Waals surface area (Å²) >= 11 is 5.86. The first-order valence-corrected chi connectivity index (χ1v) is 7.78. The normalized spacial score (nSPS) is 12.0. The van der Waals surface area contributed by atoms with Gasteiger partial charge in [0.1, 0.15) is 0 Å². The fraction of sp³-hybridized carbons (Fsp3) is 0.375. The van der Waals surface area contributed by atoms with Gasteiger partial charge in [0.2, 0.25) is 0 Å². The third-order valence-electron chi connectivity index (χ3n) is 3.25. The van der Waals surface area contributed by atoms with E-state index < -0.39 is 0 Å². The molecule has 2 amide bonds. The van der Waals surface area contributed by atoms with Gasteiger partial charge in [-0.3, -0.25) is 4.68 Å². The van der Waals surface area contributed by atoms with Gasteiger partial charge >= 0.3 is 6.03 Å². The Morgan fingerprint density at radius 3 is 2.83 bits per heavy atom. The number of hydrogen-bond acceptors (Lipinski definition) is 3. The zero-order chi connectivity index (χ0) is 16.7.